The molecule has 2 amide bonds. The molecule has 0 aliphatic heterocycles. The summed E-state index contributed by atoms with van der Waals surface area (Å²) in [6, 6.07) is 24.0. The van der Waals surface area contributed by atoms with Crippen LogP contribution in [0.1, 0.15) is 18.2 Å². The van der Waals surface area contributed by atoms with Crippen molar-refractivity contribution in [2.45, 2.75) is 25.3 Å². The molecule has 4 rings (SSSR count). The second-order valence-corrected chi connectivity index (χ2v) is 10.2. The fraction of sp³-hybridized carbons (Fsp3) is 0.222. The summed E-state index contributed by atoms with van der Waals surface area (Å²) in [5, 5.41) is 6.04. The van der Waals surface area contributed by atoms with Crippen LogP contribution < -0.4 is 15.4 Å². The number of urea groups is 1. The summed E-state index contributed by atoms with van der Waals surface area (Å²) in [6.45, 7) is 4.86. The van der Waals surface area contributed by atoms with Crippen molar-refractivity contribution in [1.82, 2.24) is 9.88 Å². The molecule has 0 fully saturated rings. The van der Waals surface area contributed by atoms with Crippen LogP contribution in [0.5, 0.6) is 5.75 Å². The van der Waals surface area contributed by atoms with E-state index in [1.54, 1.807) is 24.3 Å². The van der Waals surface area contributed by atoms with Crippen LogP contribution in [0, 0.1) is 6.92 Å². The summed E-state index contributed by atoms with van der Waals surface area (Å²) in [7, 11) is -3.65. The van der Waals surface area contributed by atoms with E-state index in [-0.39, 0.29) is 12.3 Å². The minimum Gasteiger partial charge on any atom is -0.494 e. The molecule has 35 heavy (non-hydrogen) atoms. The Morgan fingerprint density at radius 2 is 1.63 bits per heavy atom. The van der Waals surface area contributed by atoms with E-state index < -0.39 is 15.9 Å². The largest absolute Gasteiger partial charge is 0.494 e. The first-order valence-corrected chi connectivity index (χ1v) is 13.2. The van der Waals surface area contributed by atoms with E-state index in [1.165, 1.54) is 0 Å². The third kappa shape index (κ3) is 5.66. The van der Waals surface area contributed by atoms with E-state index in [2.05, 4.69) is 10.6 Å². The second kappa shape index (κ2) is 10.7. The molecule has 0 radical (unpaired) electrons. The Bertz CT molecular complexity index is 1410. The summed E-state index contributed by atoms with van der Waals surface area (Å²) >= 11 is 0. The zero-order chi connectivity index (χ0) is 24.8. The maximum absolute atomic E-state index is 13.4. The molecule has 0 aliphatic rings. The van der Waals surface area contributed by atoms with Gasteiger partial charge in [-0.3, -0.25) is 0 Å². The number of para-hydroxylation sites is 1. The van der Waals surface area contributed by atoms with Crippen LogP contribution in [0.25, 0.3) is 10.9 Å². The SMILES string of the molecule is CCOc1ccc(NC(=O)NCCS(=O)(=O)c2c(C)n(Cc3ccccc3)c3ccccc23)cc1. The lowest BCUT2D eigenvalue weighted by Gasteiger charge is -2.11. The lowest BCUT2D eigenvalue weighted by atomic mass is 10.2. The van der Waals surface area contributed by atoms with E-state index in [0.29, 0.717) is 40.6 Å². The third-order valence-electron chi connectivity index (χ3n) is 5.75. The molecule has 0 unspecified atom stereocenters. The molecular formula is C27H29N3O4S. The molecule has 0 bridgehead atoms. The van der Waals surface area contributed by atoms with Gasteiger partial charge in [0.25, 0.3) is 0 Å². The van der Waals surface area contributed by atoms with E-state index in [9.17, 15) is 13.2 Å². The number of amides is 2. The monoisotopic (exact) mass is 491 g/mol. The first-order chi connectivity index (χ1) is 16.9. The molecule has 7 nitrogen and oxygen atoms in total. The number of rotatable bonds is 9. The Kier molecular flexibility index (Phi) is 7.41. The van der Waals surface area contributed by atoms with Crippen LogP contribution in [0.4, 0.5) is 10.5 Å². The highest BCUT2D eigenvalue weighted by Crippen LogP contribution is 2.31. The number of nitrogens with one attached hydrogen (secondary N) is 2. The third-order valence-corrected chi connectivity index (χ3v) is 7.63. The van der Waals surface area contributed by atoms with Crippen LogP contribution in [-0.4, -0.2) is 37.9 Å². The van der Waals surface area contributed by atoms with Crippen molar-refractivity contribution < 1.29 is 17.9 Å². The van der Waals surface area contributed by atoms with Gasteiger partial charge < -0.3 is 19.9 Å². The van der Waals surface area contributed by atoms with Gasteiger partial charge in [-0.05, 0) is 49.7 Å². The van der Waals surface area contributed by atoms with Crippen molar-refractivity contribution in [2.24, 2.45) is 0 Å². The van der Waals surface area contributed by atoms with Crippen molar-refractivity contribution in [3.8, 4) is 5.75 Å². The standard InChI is InChI=1S/C27H29N3O4S/c1-3-34-23-15-13-22(14-16-23)29-27(31)28-17-18-35(32,33)26-20(2)30(19-21-9-5-4-6-10-21)25-12-8-7-11-24(25)26/h4-16H,3,17-19H2,1-2H3,(H2,28,29,31). The fourth-order valence-corrected chi connectivity index (χ4v) is 5.78. The highest BCUT2D eigenvalue weighted by molar-refractivity contribution is 7.91. The maximum Gasteiger partial charge on any atom is 0.319 e. The van der Waals surface area contributed by atoms with Gasteiger partial charge in [0.2, 0.25) is 0 Å². The van der Waals surface area contributed by atoms with Crippen molar-refractivity contribution >= 4 is 32.5 Å². The number of ether oxygens (including phenoxy) is 1. The molecule has 8 heteroatoms. The van der Waals surface area contributed by atoms with Crippen molar-refractivity contribution in [2.75, 3.05) is 24.2 Å². The molecule has 4 aromatic rings. The summed E-state index contributed by atoms with van der Waals surface area (Å²) < 4.78 is 34.2. The zero-order valence-corrected chi connectivity index (χ0v) is 20.6. The number of fused-ring (bicyclic) bond motifs is 1. The molecular weight excluding hydrogens is 462 g/mol. The Morgan fingerprint density at radius 3 is 2.34 bits per heavy atom. The summed E-state index contributed by atoms with van der Waals surface area (Å²) in [5.74, 6) is 0.510. The predicted molar refractivity (Wildman–Crippen MR) is 139 cm³/mol. The topological polar surface area (TPSA) is 89.4 Å². The molecule has 1 aromatic heterocycles. The normalized spacial score (nSPS) is 11.4. The zero-order valence-electron chi connectivity index (χ0n) is 19.8. The number of anilines is 1. The number of hydrogen-bond donors (Lipinski definition) is 2. The van der Waals surface area contributed by atoms with E-state index in [4.69, 9.17) is 4.74 Å². The van der Waals surface area contributed by atoms with E-state index in [1.807, 2.05) is 73.0 Å². The van der Waals surface area contributed by atoms with Gasteiger partial charge in [-0.15, -0.1) is 0 Å². The number of aromatic nitrogens is 1. The smallest absolute Gasteiger partial charge is 0.319 e. The molecule has 2 N–H and O–H groups in total. The summed E-state index contributed by atoms with van der Waals surface area (Å²) in [5.41, 5.74) is 3.24. The van der Waals surface area contributed by atoms with Crippen LogP contribution in [0.15, 0.2) is 83.8 Å². The van der Waals surface area contributed by atoms with Crippen LogP contribution in [-0.2, 0) is 16.4 Å². The molecule has 0 saturated carbocycles. The number of hydrogen-bond acceptors (Lipinski definition) is 4. The van der Waals surface area contributed by atoms with Crippen molar-refractivity contribution in [3.63, 3.8) is 0 Å². The number of sulfone groups is 1. The molecule has 0 spiro atoms. The summed E-state index contributed by atoms with van der Waals surface area (Å²) in [4.78, 5) is 12.6. The Labute approximate surface area is 205 Å². The fourth-order valence-electron chi connectivity index (χ4n) is 4.14. The van der Waals surface area contributed by atoms with Crippen molar-refractivity contribution in [1.29, 1.82) is 0 Å². The van der Waals surface area contributed by atoms with Gasteiger partial charge in [-0.25, -0.2) is 13.2 Å². The molecule has 1 heterocycles. The Balaban J connectivity index is 1.46. The lowest BCUT2D eigenvalue weighted by molar-refractivity contribution is 0.252. The quantitative estimate of drug-likeness (QED) is 0.345. The molecule has 0 saturated heterocycles. The molecule has 182 valence electrons. The Hall–Kier alpha value is -3.78. The van der Waals surface area contributed by atoms with Gasteiger partial charge >= 0.3 is 6.03 Å². The van der Waals surface area contributed by atoms with Gasteiger partial charge in [-0.2, -0.15) is 0 Å². The second-order valence-electron chi connectivity index (χ2n) is 8.16. The molecule has 0 atom stereocenters. The highest BCUT2D eigenvalue weighted by Gasteiger charge is 2.25. The maximum atomic E-state index is 13.4. The van der Waals surface area contributed by atoms with Gasteiger partial charge in [-0.1, -0.05) is 48.5 Å². The van der Waals surface area contributed by atoms with Crippen molar-refractivity contribution in [3.05, 3.63) is 90.1 Å². The average Bonchev–Trinajstić information content (AvgIpc) is 3.13. The number of nitrogens with zero attached hydrogens (tertiary/aromatic N) is 1. The first kappa shape index (κ1) is 24.3. The van der Waals surface area contributed by atoms with E-state index in [0.717, 1.165) is 11.1 Å². The molecule has 0 aliphatic carbocycles. The lowest BCUT2D eigenvalue weighted by Crippen LogP contribution is -2.32. The predicted octanol–water partition coefficient (Wildman–Crippen LogP) is 4.99. The van der Waals surface area contributed by atoms with Gasteiger partial charge in [0.05, 0.1) is 17.3 Å². The Morgan fingerprint density at radius 1 is 0.943 bits per heavy atom. The van der Waals surface area contributed by atoms with Gasteiger partial charge in [0.1, 0.15) is 5.75 Å². The first-order valence-electron chi connectivity index (χ1n) is 11.5. The highest BCUT2D eigenvalue weighted by atomic mass is 32.2. The van der Waals surface area contributed by atoms with Crippen LogP contribution in [0.2, 0.25) is 0 Å². The summed E-state index contributed by atoms with van der Waals surface area (Å²) in [6.07, 6.45) is 0. The average molecular weight is 492 g/mol. The number of benzene rings is 3. The molecule has 3 aromatic carbocycles. The van der Waals surface area contributed by atoms with Crippen LogP contribution in [0.3, 0.4) is 0 Å². The van der Waals surface area contributed by atoms with E-state index >= 15 is 0 Å². The number of carbonyl (C=O) groups is 1. The van der Waals surface area contributed by atoms with Gasteiger partial charge in [0, 0.05) is 35.4 Å². The van der Waals surface area contributed by atoms with Crippen LogP contribution >= 0.6 is 0 Å². The minimum atomic E-state index is -3.65. The minimum absolute atomic E-state index is 0.0111. The number of carbonyl (C=O) groups excluding carboxylic acids is 1. The van der Waals surface area contributed by atoms with Gasteiger partial charge in [0.15, 0.2) is 9.84 Å².